The van der Waals surface area contributed by atoms with Crippen LogP contribution in [0.5, 0.6) is 11.5 Å². The third-order valence-corrected chi connectivity index (χ3v) is 7.42. The van der Waals surface area contributed by atoms with Gasteiger partial charge in [0.05, 0.1) is 5.56 Å². The molecule has 38 heavy (non-hydrogen) atoms. The zero-order valence-electron chi connectivity index (χ0n) is 20.1. The number of nitrogens with two attached hydrogens (primary N) is 1. The number of aromatic hydroxyl groups is 1. The van der Waals surface area contributed by atoms with Crippen LogP contribution in [0.15, 0.2) is 53.3 Å². The molecule has 0 aliphatic heterocycles. The summed E-state index contributed by atoms with van der Waals surface area (Å²) < 4.78 is 5.30. The molecule has 1 fully saturated rings. The second-order valence-corrected chi connectivity index (χ2v) is 9.72. The molecule has 3 unspecified atom stereocenters. The van der Waals surface area contributed by atoms with Gasteiger partial charge >= 0.3 is 6.09 Å². The van der Waals surface area contributed by atoms with Crippen molar-refractivity contribution in [3.05, 3.63) is 70.0 Å². The molecule has 0 spiro atoms. The zero-order chi connectivity index (χ0) is 27.5. The molecule has 0 bridgehead atoms. The van der Waals surface area contributed by atoms with Crippen molar-refractivity contribution in [2.75, 3.05) is 5.32 Å². The highest BCUT2D eigenvalue weighted by molar-refractivity contribution is 6.22. The Bertz CT molecular complexity index is 1490. The Kier molecular flexibility index (Phi) is 5.75. The highest BCUT2D eigenvalue weighted by Crippen LogP contribution is 2.52. The van der Waals surface area contributed by atoms with Crippen molar-refractivity contribution in [2.24, 2.45) is 17.6 Å². The molecule has 0 saturated heterocycles. The number of carbonyl (C=O) groups is 4. The number of rotatable bonds is 3. The number of anilines is 1. The number of hydrogen-bond donors (Lipinski definition) is 6. The molecule has 3 aliphatic carbocycles. The van der Waals surface area contributed by atoms with Crippen molar-refractivity contribution >= 4 is 35.0 Å². The smallest absolute Gasteiger partial charge is 0.417 e. The topological polar surface area (TPSA) is 196 Å². The van der Waals surface area contributed by atoms with Gasteiger partial charge in [-0.2, -0.15) is 0 Å². The summed E-state index contributed by atoms with van der Waals surface area (Å²) in [6.45, 7) is 1.88. The molecule has 2 aromatic carbocycles. The number of benzene rings is 2. The van der Waals surface area contributed by atoms with E-state index in [0.29, 0.717) is 11.3 Å². The number of carbonyl (C=O) groups excluding carboxylic acids is 4. The lowest BCUT2D eigenvalue weighted by molar-refractivity contribution is -0.147. The standard InChI is InChI=1S/C27H24N2O9/c1-11-2-4-14(5-3-11)38-26(36)29-16-6-7-17(30)20-15(16)9-12-8-13-10-18(31)21(25(28)35)24(34)27(13,37)23(33)19(12)22(20)32/h2-7,12-13,30,32,34,37H,8-10H2,1H3,(H2,28,35)(H,29,36). The van der Waals surface area contributed by atoms with Crippen molar-refractivity contribution in [2.45, 2.75) is 31.8 Å². The molecule has 5 rings (SSSR count). The third kappa shape index (κ3) is 3.70. The highest BCUT2D eigenvalue weighted by atomic mass is 16.6. The summed E-state index contributed by atoms with van der Waals surface area (Å²) in [6.07, 6.45) is -1.22. The number of ether oxygens (including phenoxy) is 1. The van der Waals surface area contributed by atoms with E-state index in [-0.39, 0.29) is 35.4 Å². The molecule has 7 N–H and O–H groups in total. The lowest BCUT2D eigenvalue weighted by atomic mass is 9.59. The first kappa shape index (κ1) is 25.0. The molecular formula is C27H24N2O9. The van der Waals surface area contributed by atoms with Crippen LogP contribution in [0.4, 0.5) is 10.5 Å². The molecular weight excluding hydrogens is 496 g/mol. The van der Waals surface area contributed by atoms with E-state index in [1.54, 1.807) is 24.3 Å². The molecule has 196 valence electrons. The van der Waals surface area contributed by atoms with Gasteiger partial charge in [0.25, 0.3) is 5.91 Å². The maximum atomic E-state index is 13.5. The first-order valence-corrected chi connectivity index (χ1v) is 11.8. The number of hydrogen-bond acceptors (Lipinski definition) is 9. The maximum absolute atomic E-state index is 13.5. The number of nitrogens with one attached hydrogen (secondary N) is 1. The molecule has 2 amide bonds. The minimum absolute atomic E-state index is 0.0220. The first-order chi connectivity index (χ1) is 17.9. The van der Waals surface area contributed by atoms with Gasteiger partial charge in [0.15, 0.2) is 11.4 Å². The van der Waals surface area contributed by atoms with Crippen LogP contribution in [0, 0.1) is 18.8 Å². The predicted molar refractivity (Wildman–Crippen MR) is 132 cm³/mol. The van der Waals surface area contributed by atoms with Gasteiger partial charge in [0, 0.05) is 23.6 Å². The summed E-state index contributed by atoms with van der Waals surface area (Å²) >= 11 is 0. The molecule has 3 atom stereocenters. The number of ketones is 2. The van der Waals surface area contributed by atoms with Crippen LogP contribution in [0.2, 0.25) is 0 Å². The van der Waals surface area contributed by atoms with Crippen LogP contribution < -0.4 is 15.8 Å². The number of phenolic OH excluding ortho intramolecular Hbond substituents is 1. The number of aliphatic hydroxyl groups excluding tert-OH is 2. The Hall–Kier alpha value is -4.64. The SMILES string of the molecule is Cc1ccc(OC(=O)Nc2ccc(O)c3c2CC2CC4CC(=O)C(C(N)=O)=C(O)C4(O)C(=O)C2=C3O)cc1. The minimum Gasteiger partial charge on any atom is -0.508 e. The second-order valence-electron chi connectivity index (χ2n) is 9.72. The second kappa shape index (κ2) is 8.73. The van der Waals surface area contributed by atoms with E-state index >= 15 is 0 Å². The number of amides is 2. The Morgan fingerprint density at radius 3 is 2.39 bits per heavy atom. The first-order valence-electron chi connectivity index (χ1n) is 11.8. The molecule has 0 aromatic heterocycles. The van der Waals surface area contributed by atoms with E-state index in [2.05, 4.69) is 5.32 Å². The van der Waals surface area contributed by atoms with E-state index in [0.717, 1.165) is 5.56 Å². The summed E-state index contributed by atoms with van der Waals surface area (Å²) in [5.41, 5.74) is 2.80. The Morgan fingerprint density at radius 2 is 1.74 bits per heavy atom. The zero-order valence-corrected chi connectivity index (χ0v) is 20.1. The molecule has 0 radical (unpaired) electrons. The monoisotopic (exact) mass is 520 g/mol. The van der Waals surface area contributed by atoms with Crippen molar-refractivity contribution < 1.29 is 44.3 Å². The fourth-order valence-electron chi connectivity index (χ4n) is 5.59. The molecule has 0 heterocycles. The number of fused-ring (bicyclic) bond motifs is 3. The number of aryl methyl sites for hydroxylation is 1. The number of aliphatic hydroxyl groups is 3. The van der Waals surface area contributed by atoms with Crippen molar-refractivity contribution in [1.82, 2.24) is 0 Å². The van der Waals surface area contributed by atoms with Crippen LogP contribution >= 0.6 is 0 Å². The third-order valence-electron chi connectivity index (χ3n) is 7.42. The van der Waals surface area contributed by atoms with E-state index < -0.39 is 64.5 Å². The summed E-state index contributed by atoms with van der Waals surface area (Å²) in [5.74, 6) is -6.88. The van der Waals surface area contributed by atoms with Crippen molar-refractivity contribution in [3.8, 4) is 11.5 Å². The van der Waals surface area contributed by atoms with Gasteiger partial charge in [-0.05, 0) is 55.5 Å². The fourth-order valence-corrected chi connectivity index (χ4v) is 5.59. The Balaban J connectivity index is 1.54. The molecule has 11 heteroatoms. The largest absolute Gasteiger partial charge is 0.508 e. The van der Waals surface area contributed by atoms with Crippen LogP contribution in [0.1, 0.15) is 29.5 Å². The van der Waals surface area contributed by atoms with E-state index in [1.807, 2.05) is 6.92 Å². The molecule has 3 aliphatic rings. The summed E-state index contributed by atoms with van der Waals surface area (Å²) in [7, 11) is 0. The fraction of sp³-hybridized carbons (Fsp3) is 0.259. The minimum atomic E-state index is -2.64. The van der Waals surface area contributed by atoms with E-state index in [9.17, 15) is 39.6 Å². The van der Waals surface area contributed by atoms with Gasteiger partial charge in [-0.1, -0.05) is 17.7 Å². The number of Topliss-reactive ketones (excluding diaryl/α,β-unsaturated/α-hetero) is 2. The van der Waals surface area contributed by atoms with Crippen molar-refractivity contribution in [3.63, 3.8) is 0 Å². The van der Waals surface area contributed by atoms with Crippen LogP contribution in [0.3, 0.4) is 0 Å². The van der Waals surface area contributed by atoms with E-state index in [1.165, 1.54) is 12.1 Å². The quantitative estimate of drug-likeness (QED) is 0.260. The average molecular weight is 520 g/mol. The Morgan fingerprint density at radius 1 is 1.05 bits per heavy atom. The molecule has 2 aromatic rings. The number of primary amides is 1. The Labute approximate surface area is 215 Å². The maximum Gasteiger partial charge on any atom is 0.417 e. The van der Waals surface area contributed by atoms with Gasteiger partial charge in [-0.3, -0.25) is 19.7 Å². The van der Waals surface area contributed by atoms with Gasteiger partial charge < -0.3 is 30.9 Å². The van der Waals surface area contributed by atoms with Gasteiger partial charge in [-0.25, -0.2) is 4.79 Å². The van der Waals surface area contributed by atoms with Gasteiger partial charge in [-0.15, -0.1) is 0 Å². The highest BCUT2D eigenvalue weighted by Gasteiger charge is 2.60. The van der Waals surface area contributed by atoms with E-state index in [4.69, 9.17) is 10.5 Å². The van der Waals surface area contributed by atoms with Crippen LogP contribution in [-0.4, -0.2) is 49.6 Å². The number of phenols is 1. The van der Waals surface area contributed by atoms with Crippen LogP contribution in [0.25, 0.3) is 5.76 Å². The average Bonchev–Trinajstić information content (AvgIpc) is 2.84. The molecule has 1 saturated carbocycles. The summed E-state index contributed by atoms with van der Waals surface area (Å²) in [4.78, 5) is 50.3. The van der Waals surface area contributed by atoms with Gasteiger partial charge in [0.1, 0.15) is 28.6 Å². The lowest BCUT2D eigenvalue weighted by Gasteiger charge is -2.46. The predicted octanol–water partition coefficient (Wildman–Crippen LogP) is 2.34. The summed E-state index contributed by atoms with van der Waals surface area (Å²) in [5, 5.41) is 46.2. The normalized spacial score (nSPS) is 24.4. The van der Waals surface area contributed by atoms with Crippen LogP contribution in [-0.2, 0) is 20.8 Å². The summed E-state index contributed by atoms with van der Waals surface area (Å²) in [6, 6.07) is 9.41. The molecule has 11 nitrogen and oxygen atoms in total. The van der Waals surface area contributed by atoms with Crippen molar-refractivity contribution in [1.29, 1.82) is 0 Å². The van der Waals surface area contributed by atoms with Gasteiger partial charge in [0.2, 0.25) is 5.78 Å². The lowest BCUT2D eigenvalue weighted by Crippen LogP contribution is -2.58.